The van der Waals surface area contributed by atoms with Gasteiger partial charge in [-0.05, 0) is 266 Å². The highest BCUT2D eigenvalue weighted by Crippen LogP contribution is 2.41. The summed E-state index contributed by atoms with van der Waals surface area (Å²) < 4.78 is 9.76. The third-order valence-electron chi connectivity index (χ3n) is 24.6. The molecule has 3 aromatic heterocycles. The van der Waals surface area contributed by atoms with E-state index in [2.05, 4.69) is 260 Å². The van der Waals surface area contributed by atoms with Crippen molar-refractivity contribution in [2.45, 2.75) is 133 Å². The smallest absolute Gasteiger partial charge is 0.349 e. The number of rotatable bonds is 21. The highest BCUT2D eigenvalue weighted by molar-refractivity contribution is 7.99. The molecule has 0 unspecified atom stereocenters. The molecule has 10 heterocycles. The van der Waals surface area contributed by atoms with Crippen LogP contribution in [0.4, 0.5) is 57.3 Å². The lowest BCUT2D eigenvalue weighted by atomic mass is 10.1. The molecule has 0 spiro atoms. The Bertz CT molecular complexity index is 8110. The van der Waals surface area contributed by atoms with E-state index in [1.54, 1.807) is 11.8 Å². The predicted molar refractivity (Wildman–Crippen MR) is 550 cm³/mol. The van der Waals surface area contributed by atoms with E-state index in [-0.39, 0.29) is 28.1 Å². The molecule has 13 aromatic rings. The number of hydrogen-bond acceptors (Lipinski definition) is 23. The Balaban J connectivity index is 0.000000125. The largest absolute Gasteiger partial charge is 0.492 e. The molecule has 0 fully saturated rings. The first kappa shape index (κ1) is 94.9. The lowest BCUT2D eigenvalue weighted by Gasteiger charge is -2.29. The molecule has 7 aliphatic rings. The summed E-state index contributed by atoms with van der Waals surface area (Å²) in [7, 11) is 1.90. The van der Waals surface area contributed by atoms with Crippen LogP contribution in [0.5, 0.6) is 5.75 Å². The fourth-order valence-electron chi connectivity index (χ4n) is 16.9. The summed E-state index contributed by atoms with van der Waals surface area (Å²) in [5, 5.41) is 4.22. The standard InChI is InChI=1S/C22H23N5O.2C22H22N4O2.C21H20N4O2.C21H20N4OS/c1-14-12-18-19(13-17(14)23-3)27(11-7-10-16-8-5-4-6-9-16)21-20(26-18)22(28)25-15(2)24-21;1-13-6-4-7-16(10-13)8-5-9-26-18-12-15(3)14(2)11-17(18)23-19-20(26)24-22(28)25-21(19)27;1-13-6-8-16(9-7-13)5-4-10-26-18-12-15(3)14(2)11-17(18)23-19-20(26)24-22(28)25-21(19)27;2*1-13-11-17-18(12-14(13)2)25(9-10-27-16-7-5-4-6-8-16)20-19(24-17)21(26)23-15(3)22-20/h4-6,8-9,12-13,23H,2,7,10-11H2,1,3H3,(H,25,28);4,6-7,10-12H,5,8-9H2,1-3H3,(H,25,27,28);6-9,11-12H,4-5,10H2,1-3H3,(H,25,27,28);2*4-8,11-12H,3,9-10H2,1-2H3,(H,23,26). The number of anilines is 7. The van der Waals surface area contributed by atoms with Gasteiger partial charge in [0.1, 0.15) is 28.8 Å². The summed E-state index contributed by atoms with van der Waals surface area (Å²) in [6.45, 7) is 37.6. The second-order valence-corrected chi connectivity index (χ2v) is 35.8. The van der Waals surface area contributed by atoms with Crippen LogP contribution in [0, 0.1) is 76.2 Å². The first-order chi connectivity index (χ1) is 66.5. The Morgan fingerprint density at radius 3 is 1.23 bits per heavy atom. The predicted octanol–water partition coefficient (Wildman–Crippen LogP) is 14.1. The molecule has 0 atom stereocenters. The van der Waals surface area contributed by atoms with Gasteiger partial charge in [0.25, 0.3) is 27.8 Å². The number of thioether (sulfide) groups is 1. The van der Waals surface area contributed by atoms with Crippen LogP contribution in [0.3, 0.4) is 0 Å². The summed E-state index contributed by atoms with van der Waals surface area (Å²) in [5.74, 6) is 4.00. The van der Waals surface area contributed by atoms with Gasteiger partial charge in [0.15, 0.2) is 56.6 Å². The van der Waals surface area contributed by atoms with Crippen LogP contribution in [0.1, 0.15) is 97.2 Å². The number of aromatic amines is 5. The molecule has 0 amide bonds. The fraction of sp³-hybridized carbons (Fsp3) is 0.231. The van der Waals surface area contributed by atoms with Crippen molar-refractivity contribution >= 4 is 111 Å². The molecule has 7 aliphatic heterocycles. The number of nitrogens with one attached hydrogen (secondary N) is 6. The zero-order valence-electron chi connectivity index (χ0n) is 79.2. The summed E-state index contributed by atoms with van der Waals surface area (Å²) >= 11 is 1.78. The molecule has 0 saturated carbocycles. The lowest BCUT2D eigenvalue weighted by Crippen LogP contribution is -2.43. The van der Waals surface area contributed by atoms with Gasteiger partial charge in [-0.3, -0.25) is 33.9 Å². The maximum Gasteiger partial charge on any atom is 0.349 e. The molecule has 20 rings (SSSR count). The van der Waals surface area contributed by atoms with E-state index in [1.807, 2.05) is 148 Å². The summed E-state index contributed by atoms with van der Waals surface area (Å²) in [6.07, 6.45) is 5.39. The van der Waals surface area contributed by atoms with Crippen molar-refractivity contribution in [3.63, 3.8) is 0 Å². The Morgan fingerprint density at radius 1 is 0.355 bits per heavy atom. The van der Waals surface area contributed by atoms with Gasteiger partial charge in [-0.25, -0.2) is 49.5 Å². The monoisotopic (exact) mass is 1860 g/mol. The Hall–Kier alpha value is -16.2. The second-order valence-electron chi connectivity index (χ2n) is 34.7. The van der Waals surface area contributed by atoms with Gasteiger partial charge in [-0.15, -0.1) is 11.8 Å². The molecule has 30 heteroatoms. The summed E-state index contributed by atoms with van der Waals surface area (Å²) in [6, 6.07) is 67.6. The molecule has 0 saturated heterocycles. The summed E-state index contributed by atoms with van der Waals surface area (Å²) in [5.41, 5.74) is 24.3. The zero-order valence-corrected chi connectivity index (χ0v) is 80.1. The van der Waals surface area contributed by atoms with Crippen molar-refractivity contribution in [1.29, 1.82) is 0 Å². The first-order valence-electron chi connectivity index (χ1n) is 45.7. The van der Waals surface area contributed by atoms with Crippen molar-refractivity contribution in [2.75, 3.05) is 59.1 Å². The van der Waals surface area contributed by atoms with E-state index in [0.717, 1.165) is 163 Å². The minimum absolute atomic E-state index is 0.200. The molecule has 6 N–H and O–H groups in total. The zero-order chi connectivity index (χ0) is 97.3. The highest BCUT2D eigenvalue weighted by Gasteiger charge is 2.29. The van der Waals surface area contributed by atoms with E-state index in [1.165, 1.54) is 38.3 Å². The molecule has 0 bridgehead atoms. The van der Waals surface area contributed by atoms with Crippen LogP contribution in [0.15, 0.2) is 254 Å². The van der Waals surface area contributed by atoms with E-state index in [4.69, 9.17) is 4.74 Å². The number of aromatic nitrogens is 14. The molecular weight excluding hydrogens is 1750 g/mol. The van der Waals surface area contributed by atoms with Gasteiger partial charge >= 0.3 is 11.4 Å². The Labute approximate surface area is 798 Å². The number of ether oxygens (including phenoxy) is 1. The number of para-hydroxylation sites is 1. The maximum atomic E-state index is 12.5. The SMILES string of the molecule is C=c1nc2c(c(=O)[nH]1)=Nc1cc(C)c(C)cc1N2CCOc1ccccc1.C=c1nc2c(c(=O)[nH]1)=Nc1cc(C)c(C)cc1N2CCSc1ccccc1.C=c1nc2c(c(=O)[nH]1)=Nc1cc(C)c(NC)cc1N2CCCc1ccccc1.Cc1ccc(CCCn2c3nc(=O)[nH]c(=O)c-3nc3cc(C)c(C)cc32)cc1.Cc1cccc(CCCn2c3nc(=O)[nH]c(=O)c-3nc3cc(C)c(C)cc32)c1. The third kappa shape index (κ3) is 21.6. The van der Waals surface area contributed by atoms with Crippen molar-refractivity contribution < 1.29 is 4.74 Å². The van der Waals surface area contributed by atoms with Gasteiger partial charge < -0.3 is 48.8 Å². The first-order valence-corrected chi connectivity index (χ1v) is 46.7. The van der Waals surface area contributed by atoms with E-state index >= 15 is 0 Å². The van der Waals surface area contributed by atoms with E-state index < -0.39 is 22.5 Å². The van der Waals surface area contributed by atoms with Gasteiger partial charge in [0.05, 0.1) is 62.7 Å². The fourth-order valence-corrected chi connectivity index (χ4v) is 17.7. The molecule has 138 heavy (non-hydrogen) atoms. The van der Waals surface area contributed by atoms with Crippen LogP contribution in [0.25, 0.3) is 64.8 Å². The van der Waals surface area contributed by atoms with Crippen LogP contribution >= 0.6 is 11.8 Å². The van der Waals surface area contributed by atoms with E-state index in [0.29, 0.717) is 94.4 Å². The topological polar surface area (TPSA) is 367 Å². The minimum Gasteiger partial charge on any atom is -0.492 e. The normalized spacial score (nSPS) is 11.9. The number of nitrogens with zero attached hydrogens (tertiary/aromatic N) is 15. The number of benzene rings is 10. The lowest BCUT2D eigenvalue weighted by molar-refractivity contribution is 0.327. The van der Waals surface area contributed by atoms with Crippen LogP contribution in [-0.4, -0.2) is 108 Å². The number of H-pyrrole nitrogens is 5. The molecule has 0 radical (unpaired) electrons. The van der Waals surface area contributed by atoms with Crippen molar-refractivity contribution in [3.8, 4) is 28.8 Å². The Morgan fingerprint density at radius 2 is 0.754 bits per heavy atom. The van der Waals surface area contributed by atoms with Gasteiger partial charge in [0, 0.05) is 49.6 Å². The quantitative estimate of drug-likeness (QED) is 0.0287. The molecule has 29 nitrogen and oxygen atoms in total. The van der Waals surface area contributed by atoms with Crippen LogP contribution in [-0.2, 0) is 32.4 Å². The molecule has 0 aliphatic carbocycles. The number of aryl methyl sites for hydroxylation is 16. The van der Waals surface area contributed by atoms with Crippen molar-refractivity contribution in [1.82, 2.24) is 68.9 Å². The minimum atomic E-state index is -0.644. The molecular formula is C108H107N21O8S. The van der Waals surface area contributed by atoms with Gasteiger partial charge in [0.2, 0.25) is 0 Å². The maximum absolute atomic E-state index is 12.5. The Kier molecular flexibility index (Phi) is 28.7. The third-order valence-corrected chi connectivity index (χ3v) is 25.6. The van der Waals surface area contributed by atoms with Crippen LogP contribution in [0.2, 0.25) is 0 Å². The number of hydrogen-bond donors (Lipinski definition) is 6. The second kappa shape index (κ2) is 41.7. The van der Waals surface area contributed by atoms with E-state index in [9.17, 15) is 33.6 Å². The average Bonchev–Trinajstić information content (AvgIpc) is 0.775. The van der Waals surface area contributed by atoms with Gasteiger partial charge in [-0.2, -0.15) is 9.97 Å². The molecule has 698 valence electrons. The number of fused-ring (bicyclic) bond motifs is 10. The average molecular weight is 1860 g/mol. The van der Waals surface area contributed by atoms with Crippen LogP contribution < -0.4 is 96.4 Å². The van der Waals surface area contributed by atoms with Gasteiger partial charge in [-0.1, -0.05) is 146 Å². The molecule has 10 aromatic carbocycles. The highest BCUT2D eigenvalue weighted by atomic mass is 32.2. The van der Waals surface area contributed by atoms with Crippen molar-refractivity contribution in [2.24, 2.45) is 15.0 Å². The summed E-state index contributed by atoms with van der Waals surface area (Å²) in [4.78, 5) is 150. The van der Waals surface area contributed by atoms with Crippen molar-refractivity contribution in [3.05, 3.63) is 383 Å².